The molecular formula is C13H20FNO2. The first kappa shape index (κ1) is 13.9. The number of phenols is 1. The van der Waals surface area contributed by atoms with Gasteiger partial charge in [-0.25, -0.2) is 4.39 Å². The summed E-state index contributed by atoms with van der Waals surface area (Å²) in [5.74, 6) is -0.218. The minimum absolute atomic E-state index is 0.117. The second-order valence-electron chi connectivity index (χ2n) is 4.09. The highest BCUT2D eigenvalue weighted by Crippen LogP contribution is 2.17. The summed E-state index contributed by atoms with van der Waals surface area (Å²) in [6, 6.07) is 4.19. The highest BCUT2D eigenvalue weighted by Gasteiger charge is 2.08. The Morgan fingerprint density at radius 3 is 2.88 bits per heavy atom. The molecular weight excluding hydrogens is 221 g/mol. The van der Waals surface area contributed by atoms with Gasteiger partial charge in [-0.1, -0.05) is 13.3 Å². The molecule has 1 atom stereocenters. The largest absolute Gasteiger partial charge is 0.508 e. The Balaban J connectivity index is 2.55. The fraction of sp³-hybridized carbons (Fsp3) is 0.538. The first-order chi connectivity index (χ1) is 8.17. The lowest BCUT2D eigenvalue weighted by Crippen LogP contribution is -2.32. The number of halogens is 1. The molecule has 96 valence electrons. The van der Waals surface area contributed by atoms with E-state index in [1.807, 2.05) is 0 Å². The zero-order chi connectivity index (χ0) is 12.7. The van der Waals surface area contributed by atoms with Crippen molar-refractivity contribution < 1.29 is 14.2 Å². The van der Waals surface area contributed by atoms with Crippen LogP contribution in [0.5, 0.6) is 5.75 Å². The summed E-state index contributed by atoms with van der Waals surface area (Å²) in [4.78, 5) is 0. The molecule has 0 amide bonds. The Hall–Kier alpha value is -1.13. The van der Waals surface area contributed by atoms with Gasteiger partial charge in [-0.05, 0) is 24.6 Å². The first-order valence-corrected chi connectivity index (χ1v) is 5.87. The summed E-state index contributed by atoms with van der Waals surface area (Å²) >= 11 is 0. The van der Waals surface area contributed by atoms with Gasteiger partial charge in [-0.2, -0.15) is 0 Å². The Kier molecular flexibility index (Phi) is 5.94. The summed E-state index contributed by atoms with van der Waals surface area (Å²) in [6.45, 7) is 3.16. The van der Waals surface area contributed by atoms with Crippen LogP contribution in [0.3, 0.4) is 0 Å². The summed E-state index contributed by atoms with van der Waals surface area (Å²) in [5.41, 5.74) is 0.571. The van der Waals surface area contributed by atoms with Gasteiger partial charge in [-0.15, -0.1) is 0 Å². The van der Waals surface area contributed by atoms with Crippen LogP contribution in [0.2, 0.25) is 0 Å². The molecule has 0 aromatic heterocycles. The third-order valence-corrected chi connectivity index (χ3v) is 2.63. The van der Waals surface area contributed by atoms with E-state index in [1.165, 1.54) is 18.2 Å². The Morgan fingerprint density at radius 1 is 1.47 bits per heavy atom. The fourth-order valence-electron chi connectivity index (χ4n) is 1.74. The van der Waals surface area contributed by atoms with Crippen molar-refractivity contribution in [3.8, 4) is 5.75 Å². The molecule has 0 spiro atoms. The number of nitrogens with one attached hydrogen (secondary N) is 1. The van der Waals surface area contributed by atoms with E-state index in [1.54, 1.807) is 7.11 Å². The molecule has 2 N–H and O–H groups in total. The molecule has 1 rings (SSSR count). The van der Waals surface area contributed by atoms with Crippen molar-refractivity contribution in [2.24, 2.45) is 0 Å². The molecule has 0 aliphatic heterocycles. The molecule has 0 saturated carbocycles. The molecule has 0 fully saturated rings. The number of methoxy groups -OCH3 is 1. The van der Waals surface area contributed by atoms with Crippen molar-refractivity contribution in [3.05, 3.63) is 29.6 Å². The molecule has 1 unspecified atom stereocenters. The highest BCUT2D eigenvalue weighted by atomic mass is 19.1. The van der Waals surface area contributed by atoms with Crippen LogP contribution >= 0.6 is 0 Å². The van der Waals surface area contributed by atoms with Gasteiger partial charge < -0.3 is 15.2 Å². The van der Waals surface area contributed by atoms with Gasteiger partial charge in [0.05, 0.1) is 6.61 Å². The van der Waals surface area contributed by atoms with E-state index >= 15 is 0 Å². The molecule has 0 saturated heterocycles. The van der Waals surface area contributed by atoms with Crippen molar-refractivity contribution in [1.29, 1.82) is 0 Å². The maximum atomic E-state index is 13.0. The monoisotopic (exact) mass is 241 g/mol. The van der Waals surface area contributed by atoms with E-state index in [9.17, 15) is 9.50 Å². The van der Waals surface area contributed by atoms with Crippen molar-refractivity contribution in [3.63, 3.8) is 0 Å². The molecule has 0 aliphatic rings. The van der Waals surface area contributed by atoms with Gasteiger partial charge in [0.15, 0.2) is 0 Å². The average Bonchev–Trinajstić information content (AvgIpc) is 2.30. The molecule has 0 aliphatic carbocycles. The Morgan fingerprint density at radius 2 is 2.24 bits per heavy atom. The SMILES string of the molecule is CCCC(COC)NCc1cc(F)ccc1O. The lowest BCUT2D eigenvalue weighted by Gasteiger charge is -2.17. The van der Waals surface area contributed by atoms with E-state index in [0.29, 0.717) is 18.7 Å². The normalized spacial score (nSPS) is 12.6. The summed E-state index contributed by atoms with van der Waals surface area (Å²) in [7, 11) is 1.66. The van der Waals surface area contributed by atoms with Crippen LogP contribution in [0.1, 0.15) is 25.3 Å². The van der Waals surface area contributed by atoms with Gasteiger partial charge in [0, 0.05) is 25.3 Å². The maximum absolute atomic E-state index is 13.0. The van der Waals surface area contributed by atoms with E-state index in [0.717, 1.165) is 12.8 Å². The minimum Gasteiger partial charge on any atom is -0.508 e. The highest BCUT2D eigenvalue weighted by molar-refractivity contribution is 5.32. The molecule has 0 bridgehead atoms. The van der Waals surface area contributed by atoms with Crippen LogP contribution in [0.25, 0.3) is 0 Å². The number of phenolic OH excluding ortho intramolecular Hbond substituents is 1. The van der Waals surface area contributed by atoms with Crippen molar-refractivity contribution in [1.82, 2.24) is 5.32 Å². The lowest BCUT2D eigenvalue weighted by molar-refractivity contribution is 0.161. The van der Waals surface area contributed by atoms with E-state index in [4.69, 9.17) is 4.74 Å². The number of hydrogen-bond acceptors (Lipinski definition) is 3. The van der Waals surface area contributed by atoms with Crippen LogP contribution in [-0.2, 0) is 11.3 Å². The molecule has 0 heterocycles. The van der Waals surface area contributed by atoms with E-state index < -0.39 is 0 Å². The zero-order valence-corrected chi connectivity index (χ0v) is 10.4. The topological polar surface area (TPSA) is 41.5 Å². The molecule has 0 radical (unpaired) electrons. The number of ether oxygens (including phenoxy) is 1. The molecule has 1 aromatic carbocycles. The molecule has 1 aromatic rings. The predicted molar refractivity (Wildman–Crippen MR) is 65.5 cm³/mol. The maximum Gasteiger partial charge on any atom is 0.123 e. The van der Waals surface area contributed by atoms with Gasteiger partial charge in [0.1, 0.15) is 11.6 Å². The quantitative estimate of drug-likeness (QED) is 0.770. The number of aromatic hydroxyl groups is 1. The van der Waals surface area contributed by atoms with E-state index in [2.05, 4.69) is 12.2 Å². The number of benzene rings is 1. The van der Waals surface area contributed by atoms with E-state index in [-0.39, 0.29) is 17.6 Å². The van der Waals surface area contributed by atoms with Gasteiger partial charge in [0.25, 0.3) is 0 Å². The number of hydrogen-bond donors (Lipinski definition) is 2. The standard InChI is InChI=1S/C13H20FNO2/c1-3-4-12(9-17-2)15-8-10-7-11(14)5-6-13(10)16/h5-7,12,15-16H,3-4,8-9H2,1-2H3. The predicted octanol–water partition coefficient (Wildman–Crippen LogP) is 2.44. The number of rotatable bonds is 7. The Labute approximate surface area is 102 Å². The molecule has 3 nitrogen and oxygen atoms in total. The molecule has 17 heavy (non-hydrogen) atoms. The summed E-state index contributed by atoms with van der Waals surface area (Å²) in [5, 5.41) is 12.8. The van der Waals surface area contributed by atoms with Crippen molar-refractivity contribution in [2.45, 2.75) is 32.4 Å². The average molecular weight is 241 g/mol. The fourth-order valence-corrected chi connectivity index (χ4v) is 1.74. The van der Waals surface area contributed by atoms with Crippen LogP contribution in [0.4, 0.5) is 4.39 Å². The van der Waals surface area contributed by atoms with Gasteiger partial charge in [-0.3, -0.25) is 0 Å². The third kappa shape index (κ3) is 4.71. The van der Waals surface area contributed by atoms with Crippen LogP contribution in [0.15, 0.2) is 18.2 Å². The van der Waals surface area contributed by atoms with Gasteiger partial charge in [0.2, 0.25) is 0 Å². The van der Waals surface area contributed by atoms with Gasteiger partial charge >= 0.3 is 0 Å². The second kappa shape index (κ2) is 7.25. The lowest BCUT2D eigenvalue weighted by atomic mass is 10.1. The smallest absolute Gasteiger partial charge is 0.123 e. The van der Waals surface area contributed by atoms with Crippen LogP contribution < -0.4 is 5.32 Å². The zero-order valence-electron chi connectivity index (χ0n) is 10.4. The van der Waals surface area contributed by atoms with Crippen LogP contribution in [0, 0.1) is 5.82 Å². The Bertz CT molecular complexity index is 338. The minimum atomic E-state index is -0.335. The summed E-state index contributed by atoms with van der Waals surface area (Å²) < 4.78 is 18.1. The first-order valence-electron chi connectivity index (χ1n) is 5.87. The van der Waals surface area contributed by atoms with Crippen molar-refractivity contribution >= 4 is 0 Å². The van der Waals surface area contributed by atoms with Crippen molar-refractivity contribution in [2.75, 3.05) is 13.7 Å². The second-order valence-corrected chi connectivity index (χ2v) is 4.09. The molecule has 4 heteroatoms. The van der Waals surface area contributed by atoms with Crippen LogP contribution in [-0.4, -0.2) is 24.9 Å². The summed E-state index contributed by atoms with van der Waals surface area (Å²) in [6.07, 6.45) is 2.04. The third-order valence-electron chi connectivity index (χ3n) is 2.63.